The van der Waals surface area contributed by atoms with E-state index in [1.807, 2.05) is 0 Å². The SMILES string of the molecule is CCOC(=O)CSc1c2c(c(C(c3c4c(c(SCC(=O)OCC)c5c3OC(C)(C)O5)OC(C)(C)O4)c3c4c(c(SCC(=O)OCC)c5c3OC(C)(C)O5)OC(C)(C)O4)c3c1OC(C)(C)O3)OC(C)(C)O2. The molecule has 0 saturated heterocycles. The van der Waals surface area contributed by atoms with E-state index in [2.05, 4.69) is 0 Å². The summed E-state index contributed by atoms with van der Waals surface area (Å²) >= 11 is 3.46. The summed E-state index contributed by atoms with van der Waals surface area (Å²) in [6.07, 6.45) is 0. The molecular formula is C49H58O18S3. The minimum atomic E-state index is -1.28. The van der Waals surface area contributed by atoms with Crippen molar-refractivity contribution in [3.05, 3.63) is 16.7 Å². The highest BCUT2D eigenvalue weighted by molar-refractivity contribution is 8.00. The topological polar surface area (TPSA) is 190 Å². The molecular weight excluding hydrogens is 973 g/mol. The summed E-state index contributed by atoms with van der Waals surface area (Å²) in [7, 11) is 0. The van der Waals surface area contributed by atoms with E-state index >= 15 is 0 Å². The average Bonchev–Trinajstić information content (AvgIpc) is 4.05. The van der Waals surface area contributed by atoms with Gasteiger partial charge >= 0.3 is 17.9 Å². The van der Waals surface area contributed by atoms with Gasteiger partial charge in [0.2, 0.25) is 34.7 Å². The summed E-state index contributed by atoms with van der Waals surface area (Å²) in [4.78, 5) is 40.3. The number of hydrogen-bond acceptors (Lipinski definition) is 21. The maximum absolute atomic E-state index is 13.0. The molecule has 380 valence electrons. The molecule has 70 heavy (non-hydrogen) atoms. The standard InChI is InChI=1S/C49H58O18S3/c1-16-53-22(50)19-68-41-35-29(56-44(4,5)62-35)26(30-36(41)63-45(6,7)57-30)25(27-31-37(64-46(8,9)58-31)42(69-20-23(51)54-17-2)38-32(27)59-47(10,11)65-38)28-33-39(66-48(12,13)60-33)43(70-21-24(52)55-18-3)40-34(28)61-49(14,15)67-40/h25H,16-21H2,1-15H3. The van der Waals surface area contributed by atoms with Gasteiger partial charge < -0.3 is 71.1 Å². The molecule has 0 fully saturated rings. The molecule has 21 heteroatoms. The van der Waals surface area contributed by atoms with Crippen molar-refractivity contribution in [1.82, 2.24) is 0 Å². The minimum absolute atomic E-state index is 0.0952. The maximum atomic E-state index is 13.0. The van der Waals surface area contributed by atoms with Gasteiger partial charge in [-0.2, -0.15) is 0 Å². The Balaban J connectivity index is 1.43. The number of carbonyl (C=O) groups is 3. The molecule has 6 aliphatic rings. The molecule has 0 aromatic heterocycles. The van der Waals surface area contributed by atoms with Gasteiger partial charge in [0.1, 0.15) is 14.7 Å². The molecule has 0 N–H and O–H groups in total. The zero-order valence-corrected chi connectivity index (χ0v) is 44.3. The van der Waals surface area contributed by atoms with Crippen LogP contribution in [-0.4, -0.2) is 89.7 Å². The van der Waals surface area contributed by atoms with Gasteiger partial charge in [0, 0.05) is 83.1 Å². The lowest BCUT2D eigenvalue weighted by Gasteiger charge is -2.28. The Kier molecular flexibility index (Phi) is 12.2. The first-order chi connectivity index (χ1) is 32.7. The largest absolute Gasteiger partial charge is 0.465 e. The summed E-state index contributed by atoms with van der Waals surface area (Å²) in [6.45, 7) is 26.9. The Morgan fingerprint density at radius 2 is 0.514 bits per heavy atom. The maximum Gasteiger partial charge on any atom is 0.316 e. The fourth-order valence-corrected chi connectivity index (χ4v) is 11.5. The number of thioether (sulfide) groups is 3. The van der Waals surface area contributed by atoms with Gasteiger partial charge in [-0.05, 0) is 20.8 Å². The molecule has 0 atom stereocenters. The lowest BCUT2D eigenvalue weighted by Crippen LogP contribution is -2.32. The third-order valence-corrected chi connectivity index (χ3v) is 14.0. The van der Waals surface area contributed by atoms with E-state index in [0.717, 1.165) is 35.3 Å². The number of esters is 3. The van der Waals surface area contributed by atoms with Crippen LogP contribution in [0.2, 0.25) is 0 Å². The zero-order chi connectivity index (χ0) is 50.7. The van der Waals surface area contributed by atoms with Gasteiger partial charge in [-0.15, -0.1) is 35.3 Å². The van der Waals surface area contributed by atoms with Crippen LogP contribution in [0, 0.1) is 0 Å². The van der Waals surface area contributed by atoms with Crippen molar-refractivity contribution < 1.29 is 85.4 Å². The van der Waals surface area contributed by atoms with Crippen LogP contribution in [-0.2, 0) is 28.6 Å². The lowest BCUT2D eigenvalue weighted by atomic mass is 9.81. The second-order valence-electron chi connectivity index (χ2n) is 19.5. The van der Waals surface area contributed by atoms with Crippen LogP contribution in [0.4, 0.5) is 0 Å². The van der Waals surface area contributed by atoms with E-state index in [9.17, 15) is 14.4 Å². The van der Waals surface area contributed by atoms with Crippen molar-refractivity contribution >= 4 is 53.2 Å². The first-order valence-corrected chi connectivity index (χ1v) is 26.0. The highest BCUT2D eigenvalue weighted by Crippen LogP contribution is 2.72. The summed E-state index contributed by atoms with van der Waals surface area (Å²) < 4.78 is 97.8. The van der Waals surface area contributed by atoms with Crippen molar-refractivity contribution in [3.63, 3.8) is 0 Å². The van der Waals surface area contributed by atoms with Crippen molar-refractivity contribution in [2.24, 2.45) is 0 Å². The highest BCUT2D eigenvalue weighted by atomic mass is 32.2. The number of benzene rings is 3. The molecule has 9 rings (SSSR count). The van der Waals surface area contributed by atoms with E-state index in [-0.39, 0.29) is 106 Å². The normalized spacial score (nSPS) is 19.4. The number of ether oxygens (including phenoxy) is 15. The summed E-state index contributed by atoms with van der Waals surface area (Å²) in [5, 5.41) is 0. The molecule has 0 spiro atoms. The Labute approximate surface area is 418 Å². The first kappa shape index (κ1) is 49.7. The fraction of sp³-hybridized carbons (Fsp3) is 0.571. The van der Waals surface area contributed by atoms with Crippen LogP contribution in [0.3, 0.4) is 0 Å². The quantitative estimate of drug-likeness (QED) is 0.0604. The molecule has 6 heterocycles. The molecule has 0 saturated carbocycles. The predicted molar refractivity (Wildman–Crippen MR) is 254 cm³/mol. The van der Waals surface area contributed by atoms with Gasteiger partial charge in [-0.3, -0.25) is 14.4 Å². The van der Waals surface area contributed by atoms with Crippen LogP contribution >= 0.6 is 35.3 Å². The van der Waals surface area contributed by atoms with E-state index in [4.69, 9.17) is 71.1 Å². The first-order valence-electron chi connectivity index (χ1n) is 23.0. The average molecular weight is 1030 g/mol. The van der Waals surface area contributed by atoms with Crippen molar-refractivity contribution in [1.29, 1.82) is 0 Å². The Hall–Kier alpha value is -5.28. The summed E-state index contributed by atoms with van der Waals surface area (Å²) in [5.41, 5.74) is 1.03. The molecule has 0 aliphatic carbocycles. The monoisotopic (exact) mass is 1030 g/mol. The Bertz CT molecular complexity index is 2280. The van der Waals surface area contributed by atoms with Gasteiger partial charge in [-0.25, -0.2) is 0 Å². The van der Waals surface area contributed by atoms with Crippen LogP contribution in [0.25, 0.3) is 0 Å². The molecule has 0 amide bonds. The fourth-order valence-electron chi connectivity index (χ4n) is 8.82. The summed E-state index contributed by atoms with van der Waals surface area (Å²) in [6, 6.07) is 0. The second-order valence-corrected chi connectivity index (χ2v) is 22.5. The Morgan fingerprint density at radius 1 is 0.343 bits per heavy atom. The van der Waals surface area contributed by atoms with E-state index < -0.39 is 58.5 Å². The molecule has 18 nitrogen and oxygen atoms in total. The predicted octanol–water partition coefficient (Wildman–Crippen LogP) is 9.88. The Morgan fingerprint density at radius 3 is 0.686 bits per heavy atom. The number of hydrogen-bond donors (Lipinski definition) is 0. The molecule has 6 aliphatic heterocycles. The van der Waals surface area contributed by atoms with Gasteiger partial charge in [0.25, 0.3) is 0 Å². The van der Waals surface area contributed by atoms with Crippen LogP contribution < -0.4 is 56.8 Å². The van der Waals surface area contributed by atoms with E-state index in [1.54, 1.807) is 104 Å². The molecule has 0 radical (unpaired) electrons. The smallest absolute Gasteiger partial charge is 0.316 e. The van der Waals surface area contributed by atoms with Crippen molar-refractivity contribution in [2.45, 2.75) is 159 Å². The second kappa shape index (κ2) is 17.2. The third kappa shape index (κ3) is 9.02. The van der Waals surface area contributed by atoms with Crippen LogP contribution in [0.5, 0.6) is 69.0 Å². The van der Waals surface area contributed by atoms with Gasteiger partial charge in [-0.1, -0.05) is 0 Å². The van der Waals surface area contributed by atoms with Crippen LogP contribution in [0.1, 0.15) is 126 Å². The van der Waals surface area contributed by atoms with E-state index in [0.29, 0.717) is 31.4 Å². The minimum Gasteiger partial charge on any atom is -0.465 e. The van der Waals surface area contributed by atoms with E-state index in [1.165, 1.54) is 0 Å². The number of carbonyl (C=O) groups excluding carboxylic acids is 3. The molecule has 0 unspecified atom stereocenters. The lowest BCUT2D eigenvalue weighted by molar-refractivity contribution is -0.140. The highest BCUT2D eigenvalue weighted by Gasteiger charge is 2.56. The number of fused-ring (bicyclic) bond motifs is 6. The van der Waals surface area contributed by atoms with Gasteiger partial charge in [0.05, 0.1) is 59.7 Å². The van der Waals surface area contributed by atoms with Crippen molar-refractivity contribution in [2.75, 3.05) is 37.1 Å². The summed E-state index contributed by atoms with van der Waals surface area (Å²) in [5.74, 6) is -7.68. The third-order valence-electron chi connectivity index (χ3n) is 10.9. The molecule has 0 bridgehead atoms. The zero-order valence-electron chi connectivity index (χ0n) is 41.9. The van der Waals surface area contributed by atoms with Gasteiger partial charge in [0.15, 0.2) is 69.0 Å². The molecule has 3 aromatic carbocycles. The number of rotatable bonds is 15. The van der Waals surface area contributed by atoms with Crippen molar-refractivity contribution in [3.8, 4) is 69.0 Å². The van der Waals surface area contributed by atoms with Crippen LogP contribution in [0.15, 0.2) is 14.7 Å². The molecule has 3 aromatic rings.